The van der Waals surface area contributed by atoms with E-state index in [1.54, 1.807) is 26.2 Å². The third kappa shape index (κ3) is 3.67. The van der Waals surface area contributed by atoms with Gasteiger partial charge in [-0.1, -0.05) is 6.92 Å². The smallest absolute Gasteiger partial charge is 0.263 e. The molecule has 2 atom stereocenters. The fourth-order valence-corrected chi connectivity index (χ4v) is 2.54. The molecule has 0 bridgehead atoms. The van der Waals surface area contributed by atoms with Gasteiger partial charge in [0.25, 0.3) is 5.91 Å². The van der Waals surface area contributed by atoms with E-state index < -0.39 is 6.10 Å². The van der Waals surface area contributed by atoms with Crippen LogP contribution in [-0.4, -0.2) is 43.7 Å². The molecule has 5 nitrogen and oxygen atoms in total. The standard InChI is InChI=1S/C16H24N2O3/c1-12(21-14-6-4-13(20-3)5-7-14)15(19)18-9-8-16(2,10-17)11-18/h4-7,12H,8-11,17H2,1-3H3. The van der Waals surface area contributed by atoms with Gasteiger partial charge < -0.3 is 20.1 Å². The Morgan fingerprint density at radius 3 is 2.52 bits per heavy atom. The number of carbonyl (C=O) groups is 1. The summed E-state index contributed by atoms with van der Waals surface area (Å²) in [6, 6.07) is 7.23. The Bertz CT molecular complexity index is 489. The molecule has 1 aliphatic rings. The zero-order valence-electron chi connectivity index (χ0n) is 13.0. The van der Waals surface area contributed by atoms with E-state index in [-0.39, 0.29) is 11.3 Å². The second kappa shape index (κ2) is 6.35. The Kier molecular flexibility index (Phi) is 4.73. The number of likely N-dealkylation sites (tertiary alicyclic amines) is 1. The number of amides is 1. The molecule has 2 unspecified atom stereocenters. The van der Waals surface area contributed by atoms with Crippen LogP contribution < -0.4 is 15.2 Å². The Hall–Kier alpha value is -1.75. The Morgan fingerprint density at radius 1 is 1.38 bits per heavy atom. The summed E-state index contributed by atoms with van der Waals surface area (Å²) >= 11 is 0. The van der Waals surface area contributed by atoms with Crippen molar-refractivity contribution in [2.75, 3.05) is 26.7 Å². The van der Waals surface area contributed by atoms with Crippen LogP contribution in [0.1, 0.15) is 20.3 Å². The highest BCUT2D eigenvalue weighted by Gasteiger charge is 2.36. The molecule has 0 radical (unpaired) electrons. The highest BCUT2D eigenvalue weighted by molar-refractivity contribution is 5.81. The molecule has 116 valence electrons. The van der Waals surface area contributed by atoms with E-state index in [2.05, 4.69) is 6.92 Å². The zero-order valence-corrected chi connectivity index (χ0v) is 13.0. The number of ether oxygens (including phenoxy) is 2. The lowest BCUT2D eigenvalue weighted by Crippen LogP contribution is -2.41. The van der Waals surface area contributed by atoms with Gasteiger partial charge in [0.1, 0.15) is 11.5 Å². The van der Waals surface area contributed by atoms with Crippen molar-refractivity contribution in [3.8, 4) is 11.5 Å². The van der Waals surface area contributed by atoms with Crippen molar-refractivity contribution in [1.82, 2.24) is 4.90 Å². The molecular weight excluding hydrogens is 268 g/mol. The van der Waals surface area contributed by atoms with E-state index in [1.807, 2.05) is 17.0 Å². The minimum absolute atomic E-state index is 0.0167. The van der Waals surface area contributed by atoms with Crippen LogP contribution in [0.2, 0.25) is 0 Å². The van der Waals surface area contributed by atoms with Gasteiger partial charge in [-0.3, -0.25) is 4.79 Å². The molecule has 1 amide bonds. The first-order valence-electron chi connectivity index (χ1n) is 7.27. The fraction of sp³-hybridized carbons (Fsp3) is 0.562. The summed E-state index contributed by atoms with van der Waals surface area (Å²) in [4.78, 5) is 14.3. The second-order valence-electron chi connectivity index (χ2n) is 5.96. The van der Waals surface area contributed by atoms with Gasteiger partial charge in [-0.05, 0) is 49.6 Å². The van der Waals surface area contributed by atoms with Crippen molar-refractivity contribution in [3.05, 3.63) is 24.3 Å². The third-order valence-corrected chi connectivity index (χ3v) is 4.08. The monoisotopic (exact) mass is 292 g/mol. The first-order valence-corrected chi connectivity index (χ1v) is 7.27. The Morgan fingerprint density at radius 2 is 2.00 bits per heavy atom. The average molecular weight is 292 g/mol. The third-order valence-electron chi connectivity index (χ3n) is 4.08. The minimum Gasteiger partial charge on any atom is -0.497 e. The van der Waals surface area contributed by atoms with Gasteiger partial charge in [0, 0.05) is 13.1 Å². The number of hydrogen-bond donors (Lipinski definition) is 1. The molecule has 2 rings (SSSR count). The van der Waals surface area contributed by atoms with Crippen LogP contribution in [0.4, 0.5) is 0 Å². The lowest BCUT2D eigenvalue weighted by Gasteiger charge is -2.25. The van der Waals surface area contributed by atoms with Gasteiger partial charge in [-0.25, -0.2) is 0 Å². The van der Waals surface area contributed by atoms with Gasteiger partial charge >= 0.3 is 0 Å². The summed E-state index contributed by atoms with van der Waals surface area (Å²) in [6.45, 7) is 5.96. The molecule has 1 aromatic rings. The quantitative estimate of drug-likeness (QED) is 0.896. The molecular formula is C16H24N2O3. The predicted octanol–water partition coefficient (Wildman–Crippen LogP) is 1.66. The Labute approximate surface area is 126 Å². The molecule has 5 heteroatoms. The molecule has 2 N–H and O–H groups in total. The molecule has 1 aliphatic heterocycles. The van der Waals surface area contributed by atoms with E-state index in [9.17, 15) is 4.79 Å². The van der Waals surface area contributed by atoms with Gasteiger partial charge in [0.15, 0.2) is 6.10 Å². The first-order chi connectivity index (χ1) is 9.97. The van der Waals surface area contributed by atoms with E-state index in [0.29, 0.717) is 18.8 Å². The van der Waals surface area contributed by atoms with Crippen LogP contribution in [-0.2, 0) is 4.79 Å². The minimum atomic E-state index is -0.501. The van der Waals surface area contributed by atoms with Gasteiger partial charge in [0.2, 0.25) is 0 Å². The number of nitrogens with two attached hydrogens (primary N) is 1. The molecule has 0 spiro atoms. The summed E-state index contributed by atoms with van der Waals surface area (Å²) in [6.07, 6.45) is 0.448. The SMILES string of the molecule is COc1ccc(OC(C)C(=O)N2CCC(C)(CN)C2)cc1. The summed E-state index contributed by atoms with van der Waals surface area (Å²) in [7, 11) is 1.61. The molecule has 21 heavy (non-hydrogen) atoms. The summed E-state index contributed by atoms with van der Waals surface area (Å²) in [5.41, 5.74) is 5.81. The second-order valence-corrected chi connectivity index (χ2v) is 5.96. The van der Waals surface area contributed by atoms with Crippen LogP contribution in [0.3, 0.4) is 0 Å². The van der Waals surface area contributed by atoms with Crippen LogP contribution in [0.5, 0.6) is 11.5 Å². The molecule has 1 fully saturated rings. The summed E-state index contributed by atoms with van der Waals surface area (Å²) in [5, 5.41) is 0. The van der Waals surface area contributed by atoms with E-state index in [4.69, 9.17) is 15.2 Å². The van der Waals surface area contributed by atoms with Crippen molar-refractivity contribution in [1.29, 1.82) is 0 Å². The predicted molar refractivity (Wildman–Crippen MR) is 81.4 cm³/mol. The lowest BCUT2D eigenvalue weighted by atomic mass is 9.90. The van der Waals surface area contributed by atoms with Crippen LogP contribution in [0, 0.1) is 5.41 Å². The molecule has 0 aliphatic carbocycles. The van der Waals surface area contributed by atoms with E-state index >= 15 is 0 Å². The highest BCUT2D eigenvalue weighted by atomic mass is 16.5. The van der Waals surface area contributed by atoms with Crippen molar-refractivity contribution < 1.29 is 14.3 Å². The van der Waals surface area contributed by atoms with Gasteiger partial charge in [-0.2, -0.15) is 0 Å². The number of benzene rings is 1. The van der Waals surface area contributed by atoms with E-state index in [0.717, 1.165) is 18.7 Å². The van der Waals surface area contributed by atoms with Crippen LogP contribution >= 0.6 is 0 Å². The highest BCUT2D eigenvalue weighted by Crippen LogP contribution is 2.29. The average Bonchev–Trinajstić information content (AvgIpc) is 2.90. The first kappa shape index (κ1) is 15.6. The van der Waals surface area contributed by atoms with Crippen molar-refractivity contribution in [2.45, 2.75) is 26.4 Å². The van der Waals surface area contributed by atoms with Crippen LogP contribution in [0.25, 0.3) is 0 Å². The van der Waals surface area contributed by atoms with Gasteiger partial charge in [-0.15, -0.1) is 0 Å². The number of nitrogens with zero attached hydrogens (tertiary/aromatic N) is 1. The maximum absolute atomic E-state index is 12.4. The van der Waals surface area contributed by atoms with Crippen LogP contribution in [0.15, 0.2) is 24.3 Å². The number of carbonyl (C=O) groups excluding carboxylic acids is 1. The van der Waals surface area contributed by atoms with Gasteiger partial charge in [0.05, 0.1) is 7.11 Å². The van der Waals surface area contributed by atoms with Crippen molar-refractivity contribution in [3.63, 3.8) is 0 Å². The molecule has 1 aromatic carbocycles. The molecule has 1 saturated heterocycles. The van der Waals surface area contributed by atoms with Crippen molar-refractivity contribution >= 4 is 5.91 Å². The van der Waals surface area contributed by atoms with E-state index in [1.165, 1.54) is 0 Å². The lowest BCUT2D eigenvalue weighted by molar-refractivity contribution is -0.137. The molecule has 0 saturated carbocycles. The summed E-state index contributed by atoms with van der Waals surface area (Å²) in [5.74, 6) is 1.44. The van der Waals surface area contributed by atoms with Crippen molar-refractivity contribution in [2.24, 2.45) is 11.1 Å². The maximum Gasteiger partial charge on any atom is 0.263 e. The molecule has 0 aromatic heterocycles. The zero-order chi connectivity index (χ0) is 15.5. The largest absolute Gasteiger partial charge is 0.497 e. The molecule has 1 heterocycles. The summed E-state index contributed by atoms with van der Waals surface area (Å²) < 4.78 is 10.8. The number of methoxy groups -OCH3 is 1. The topological polar surface area (TPSA) is 64.8 Å². The normalized spacial score (nSPS) is 23.0. The maximum atomic E-state index is 12.4. The fourth-order valence-electron chi connectivity index (χ4n) is 2.54. The Balaban J connectivity index is 1.93. The number of rotatable bonds is 5. The number of hydrogen-bond acceptors (Lipinski definition) is 4.